The van der Waals surface area contributed by atoms with Crippen LogP contribution in [0.3, 0.4) is 0 Å². The summed E-state index contributed by atoms with van der Waals surface area (Å²) in [5, 5.41) is 7.14. The molecule has 2 rings (SSSR count). The van der Waals surface area contributed by atoms with E-state index in [9.17, 15) is 0 Å². The summed E-state index contributed by atoms with van der Waals surface area (Å²) in [6, 6.07) is 19.2. The van der Waals surface area contributed by atoms with Gasteiger partial charge in [-0.05, 0) is 62.5 Å². The molecule has 0 saturated heterocycles. The quantitative estimate of drug-likeness (QED) is 0.665. The lowest BCUT2D eigenvalue weighted by atomic mass is 10.2. The number of anilines is 3. The van der Waals surface area contributed by atoms with Gasteiger partial charge in [0.25, 0.3) is 0 Å². The van der Waals surface area contributed by atoms with Crippen molar-refractivity contribution in [2.75, 3.05) is 37.4 Å². The van der Waals surface area contributed by atoms with Gasteiger partial charge in [-0.15, -0.1) is 0 Å². The molecule has 2 aromatic rings. The summed E-state index contributed by atoms with van der Waals surface area (Å²) >= 11 is 5.35. The smallest absolute Gasteiger partial charge is 0.170 e. The summed E-state index contributed by atoms with van der Waals surface area (Å²) in [7, 11) is 4.26. The summed E-state index contributed by atoms with van der Waals surface area (Å²) in [5.41, 5.74) is 3.36. The van der Waals surface area contributed by atoms with Gasteiger partial charge in [-0.25, -0.2) is 0 Å². The van der Waals surface area contributed by atoms with Crippen LogP contribution in [0.4, 0.5) is 17.1 Å². The van der Waals surface area contributed by atoms with E-state index in [-0.39, 0.29) is 0 Å². The van der Waals surface area contributed by atoms with Crippen molar-refractivity contribution < 1.29 is 4.90 Å². The van der Waals surface area contributed by atoms with Gasteiger partial charge in [-0.2, -0.15) is 0 Å². The van der Waals surface area contributed by atoms with Crippen LogP contribution in [0, 0.1) is 0 Å². The highest BCUT2D eigenvalue weighted by molar-refractivity contribution is 7.80. The molecule has 0 fully saturated rings. The number of hydrogen-bond donors (Lipinski definition) is 3. The van der Waals surface area contributed by atoms with E-state index in [0.717, 1.165) is 18.8 Å². The number of likely N-dealkylation sites (N-methyl/N-ethyl adjacent to an activating group) is 1. The summed E-state index contributed by atoms with van der Waals surface area (Å²) < 4.78 is 0. The molecule has 3 N–H and O–H groups in total. The molecule has 0 heterocycles. The second-order valence-corrected chi connectivity index (χ2v) is 7.09. The number of rotatable bonds is 7. The lowest BCUT2D eigenvalue weighted by Crippen LogP contribution is -3.06. The van der Waals surface area contributed by atoms with Crippen molar-refractivity contribution >= 4 is 34.4 Å². The number of nitrogens with zero attached hydrogens (tertiary/aromatic N) is 1. The Morgan fingerprint density at radius 3 is 2.16 bits per heavy atom. The Bertz CT molecular complexity index is 653. The molecule has 0 unspecified atom stereocenters. The summed E-state index contributed by atoms with van der Waals surface area (Å²) in [6.45, 7) is 6.29. The zero-order valence-corrected chi connectivity index (χ0v) is 16.4. The monoisotopic (exact) mass is 357 g/mol. The summed E-state index contributed by atoms with van der Waals surface area (Å²) in [5.74, 6) is 0. The molecular weight excluding hydrogens is 328 g/mol. The molecule has 0 aromatic heterocycles. The van der Waals surface area contributed by atoms with Crippen molar-refractivity contribution in [2.24, 2.45) is 0 Å². The normalized spacial score (nSPS) is 10.8. The largest absolute Gasteiger partial charge is 0.357 e. The Morgan fingerprint density at radius 2 is 1.60 bits per heavy atom. The molecule has 2 aromatic carbocycles. The van der Waals surface area contributed by atoms with Gasteiger partial charge in [0, 0.05) is 23.1 Å². The maximum atomic E-state index is 5.35. The van der Waals surface area contributed by atoms with Crippen LogP contribution in [0.5, 0.6) is 0 Å². The predicted octanol–water partition coefficient (Wildman–Crippen LogP) is 2.66. The van der Waals surface area contributed by atoms with Crippen molar-refractivity contribution in [3.63, 3.8) is 0 Å². The third kappa shape index (κ3) is 6.03. The van der Waals surface area contributed by atoms with E-state index in [4.69, 9.17) is 12.2 Å². The third-order valence-electron chi connectivity index (χ3n) is 3.86. The van der Waals surface area contributed by atoms with E-state index in [1.165, 1.54) is 16.3 Å². The second-order valence-electron chi connectivity index (χ2n) is 6.68. The van der Waals surface area contributed by atoms with E-state index < -0.39 is 0 Å². The number of thiocarbonyl (C=S) groups is 1. The van der Waals surface area contributed by atoms with Crippen LogP contribution in [0.25, 0.3) is 0 Å². The van der Waals surface area contributed by atoms with Crippen molar-refractivity contribution in [1.29, 1.82) is 0 Å². The van der Waals surface area contributed by atoms with Gasteiger partial charge in [0.05, 0.1) is 27.2 Å². The molecule has 0 aliphatic rings. The first-order chi connectivity index (χ1) is 12.0. The van der Waals surface area contributed by atoms with Crippen molar-refractivity contribution in [2.45, 2.75) is 19.9 Å². The van der Waals surface area contributed by atoms with E-state index in [0.29, 0.717) is 11.2 Å². The zero-order chi connectivity index (χ0) is 18.2. The molecular formula is C20H29N4S+. The molecule has 0 amide bonds. The number of para-hydroxylation sites is 1. The maximum Gasteiger partial charge on any atom is 0.170 e. The molecule has 5 heteroatoms. The molecule has 0 bridgehead atoms. The van der Waals surface area contributed by atoms with Gasteiger partial charge in [-0.3, -0.25) is 0 Å². The average molecular weight is 358 g/mol. The standard InChI is InChI=1S/C20H28N4S/c1-16(2)24(18-8-6-5-7-9-18)19-12-10-17(11-13-19)22-20(25)21-14-15-23(3)4/h5-13,16H,14-15H2,1-4H3,(H2,21,22,25)/p+1. The topological polar surface area (TPSA) is 31.7 Å². The van der Waals surface area contributed by atoms with Crippen molar-refractivity contribution in [3.8, 4) is 0 Å². The lowest BCUT2D eigenvalue weighted by molar-refractivity contribution is -0.856. The van der Waals surface area contributed by atoms with Crippen molar-refractivity contribution in [1.82, 2.24) is 5.32 Å². The van der Waals surface area contributed by atoms with Gasteiger partial charge in [0.15, 0.2) is 5.11 Å². The molecule has 0 aliphatic carbocycles. The predicted molar refractivity (Wildman–Crippen MR) is 112 cm³/mol. The Morgan fingerprint density at radius 1 is 1.00 bits per heavy atom. The fourth-order valence-electron chi connectivity index (χ4n) is 2.64. The zero-order valence-electron chi connectivity index (χ0n) is 15.5. The van der Waals surface area contributed by atoms with Crippen molar-refractivity contribution in [3.05, 3.63) is 54.6 Å². The highest BCUT2D eigenvalue weighted by Crippen LogP contribution is 2.28. The number of hydrogen-bond acceptors (Lipinski definition) is 2. The van der Waals surface area contributed by atoms with Crippen LogP contribution in [0.1, 0.15) is 13.8 Å². The van der Waals surface area contributed by atoms with Crippen LogP contribution in [-0.4, -0.2) is 38.3 Å². The van der Waals surface area contributed by atoms with Gasteiger partial charge < -0.3 is 20.4 Å². The first kappa shape index (κ1) is 19.2. The Balaban J connectivity index is 2.02. The van der Waals surface area contributed by atoms with Gasteiger partial charge in [0.2, 0.25) is 0 Å². The van der Waals surface area contributed by atoms with Gasteiger partial charge in [0.1, 0.15) is 0 Å². The first-order valence-electron chi connectivity index (χ1n) is 8.75. The van der Waals surface area contributed by atoms with Crippen LogP contribution in [-0.2, 0) is 0 Å². The highest BCUT2D eigenvalue weighted by atomic mass is 32.1. The minimum atomic E-state index is 0.373. The second kappa shape index (κ2) is 9.39. The Kier molecular flexibility index (Phi) is 7.22. The number of nitrogens with one attached hydrogen (secondary N) is 3. The Labute approximate surface area is 156 Å². The van der Waals surface area contributed by atoms with Gasteiger partial charge in [-0.1, -0.05) is 18.2 Å². The van der Waals surface area contributed by atoms with Gasteiger partial charge >= 0.3 is 0 Å². The molecule has 0 spiro atoms. The molecule has 4 nitrogen and oxygen atoms in total. The number of quaternary nitrogens is 1. The molecule has 0 saturated carbocycles. The molecule has 134 valence electrons. The van der Waals surface area contributed by atoms with E-state index in [1.807, 2.05) is 6.07 Å². The fourth-order valence-corrected chi connectivity index (χ4v) is 2.86. The highest BCUT2D eigenvalue weighted by Gasteiger charge is 2.12. The number of benzene rings is 2. The molecule has 25 heavy (non-hydrogen) atoms. The fraction of sp³-hybridized carbons (Fsp3) is 0.350. The SMILES string of the molecule is CC(C)N(c1ccccc1)c1ccc(NC(=S)NCC[NH+](C)C)cc1. The maximum absolute atomic E-state index is 5.35. The summed E-state index contributed by atoms with van der Waals surface area (Å²) in [6.07, 6.45) is 0. The molecule has 0 atom stereocenters. The van der Waals surface area contributed by atoms with Crippen LogP contribution in [0.2, 0.25) is 0 Å². The molecule has 0 aliphatic heterocycles. The minimum Gasteiger partial charge on any atom is -0.357 e. The van der Waals surface area contributed by atoms with E-state index >= 15 is 0 Å². The molecule has 0 radical (unpaired) electrons. The average Bonchev–Trinajstić information content (AvgIpc) is 2.57. The third-order valence-corrected chi connectivity index (χ3v) is 4.11. The first-order valence-corrected chi connectivity index (χ1v) is 9.16. The van der Waals surface area contributed by atoms with E-state index in [2.05, 4.69) is 92.0 Å². The van der Waals surface area contributed by atoms with Crippen LogP contribution < -0.4 is 20.4 Å². The van der Waals surface area contributed by atoms with Crippen LogP contribution >= 0.6 is 12.2 Å². The lowest BCUT2D eigenvalue weighted by Gasteiger charge is -2.29. The summed E-state index contributed by atoms with van der Waals surface area (Å²) in [4.78, 5) is 3.72. The minimum absolute atomic E-state index is 0.373. The van der Waals surface area contributed by atoms with E-state index in [1.54, 1.807) is 0 Å². The Hall–Kier alpha value is -2.11. The van der Waals surface area contributed by atoms with Crippen LogP contribution in [0.15, 0.2) is 54.6 Å².